The molecule has 148 valence electrons. The van der Waals surface area contributed by atoms with Crippen molar-refractivity contribution < 1.29 is 14.3 Å². The lowest BCUT2D eigenvalue weighted by molar-refractivity contribution is -0.151. The number of thiophene rings is 1. The number of carbonyl (C=O) groups excluding carboxylic acids is 2. The first kappa shape index (κ1) is 19.2. The third-order valence-corrected chi connectivity index (χ3v) is 6.73. The molecule has 1 amide bonds. The number of nitrogens with zero attached hydrogens (tertiary/aromatic N) is 2. The number of hydrogen-bond acceptors (Lipinski definition) is 5. The fourth-order valence-electron chi connectivity index (χ4n) is 4.52. The van der Waals surface area contributed by atoms with Crippen molar-refractivity contribution in [3.63, 3.8) is 0 Å². The molecular weight excluding hydrogens is 372 g/mol. The minimum Gasteiger partial charge on any atom is -0.466 e. The van der Waals surface area contributed by atoms with Gasteiger partial charge in [0.1, 0.15) is 0 Å². The van der Waals surface area contributed by atoms with E-state index in [1.807, 2.05) is 47.5 Å². The Labute approximate surface area is 169 Å². The van der Waals surface area contributed by atoms with Gasteiger partial charge in [0.25, 0.3) is 0 Å². The summed E-state index contributed by atoms with van der Waals surface area (Å²) < 4.78 is 5.44. The normalized spacial score (nSPS) is 24.8. The van der Waals surface area contributed by atoms with Crippen LogP contribution in [0, 0.1) is 5.92 Å². The van der Waals surface area contributed by atoms with E-state index in [-0.39, 0.29) is 29.8 Å². The fourth-order valence-corrected chi connectivity index (χ4v) is 5.22. The Kier molecular flexibility index (Phi) is 5.78. The molecular formula is C22H26N2O3S. The molecule has 1 aromatic heterocycles. The van der Waals surface area contributed by atoms with Crippen LogP contribution in [0.5, 0.6) is 0 Å². The van der Waals surface area contributed by atoms with Gasteiger partial charge in [0, 0.05) is 43.0 Å². The fraction of sp³-hybridized carbons (Fsp3) is 0.455. The van der Waals surface area contributed by atoms with E-state index in [4.69, 9.17) is 4.74 Å². The minimum atomic E-state index is -0.236. The van der Waals surface area contributed by atoms with E-state index in [0.29, 0.717) is 19.6 Å². The molecule has 2 aliphatic heterocycles. The molecule has 0 aliphatic carbocycles. The average molecular weight is 399 g/mol. The molecule has 2 aromatic rings. The molecule has 4 rings (SSSR count). The van der Waals surface area contributed by atoms with Gasteiger partial charge >= 0.3 is 5.97 Å². The van der Waals surface area contributed by atoms with Crippen LogP contribution in [-0.4, -0.2) is 60.5 Å². The number of amides is 1. The number of ether oxygens (including phenoxy) is 1. The molecule has 2 saturated heterocycles. The van der Waals surface area contributed by atoms with Crippen LogP contribution < -0.4 is 0 Å². The molecule has 6 heteroatoms. The summed E-state index contributed by atoms with van der Waals surface area (Å²) in [6.07, 6.45) is 0.441. The van der Waals surface area contributed by atoms with Crippen LogP contribution in [0.2, 0.25) is 0 Å². The molecule has 0 N–H and O–H groups in total. The van der Waals surface area contributed by atoms with Crippen LogP contribution in [-0.2, 0) is 20.7 Å². The van der Waals surface area contributed by atoms with Gasteiger partial charge in [-0.25, -0.2) is 0 Å². The molecule has 28 heavy (non-hydrogen) atoms. The maximum absolute atomic E-state index is 12.9. The van der Waals surface area contributed by atoms with E-state index >= 15 is 0 Å². The highest BCUT2D eigenvalue weighted by Gasteiger charge is 2.49. The number of piperazine rings is 1. The summed E-state index contributed by atoms with van der Waals surface area (Å²) in [7, 11) is 0. The number of carbonyl (C=O) groups is 2. The van der Waals surface area contributed by atoms with Crippen molar-refractivity contribution >= 4 is 23.2 Å². The molecule has 3 heterocycles. The Morgan fingerprint density at radius 3 is 2.64 bits per heavy atom. The van der Waals surface area contributed by atoms with Crippen molar-refractivity contribution in [1.82, 2.24) is 9.80 Å². The van der Waals surface area contributed by atoms with E-state index in [1.165, 1.54) is 5.56 Å². The third-order valence-electron chi connectivity index (χ3n) is 5.86. The smallest absolute Gasteiger partial charge is 0.311 e. The first-order valence-corrected chi connectivity index (χ1v) is 10.8. The molecule has 5 nitrogen and oxygen atoms in total. The molecule has 0 unspecified atom stereocenters. The summed E-state index contributed by atoms with van der Waals surface area (Å²) in [4.78, 5) is 31.1. The standard InChI is InChI=1S/C22H26N2O3S/c1-2-27-22(26)21-18(16-7-4-3-5-8-16)14-23-10-11-24(15-19(21)23)20(25)13-17-9-6-12-28-17/h3-9,12,18-19,21H,2,10-11,13-15H2,1H3/t18-,19-,21-/m1/s1. The molecule has 3 atom stereocenters. The summed E-state index contributed by atoms with van der Waals surface area (Å²) in [5.41, 5.74) is 1.17. The van der Waals surface area contributed by atoms with Crippen molar-refractivity contribution in [3.05, 3.63) is 58.3 Å². The first-order valence-electron chi connectivity index (χ1n) is 9.93. The maximum Gasteiger partial charge on any atom is 0.311 e. The highest BCUT2D eigenvalue weighted by Crippen LogP contribution is 2.39. The number of fused-ring (bicyclic) bond motifs is 1. The summed E-state index contributed by atoms with van der Waals surface area (Å²) >= 11 is 1.61. The highest BCUT2D eigenvalue weighted by atomic mass is 32.1. The maximum atomic E-state index is 12.9. The summed E-state index contributed by atoms with van der Waals surface area (Å²) in [6, 6.07) is 14.2. The van der Waals surface area contributed by atoms with Gasteiger partial charge in [-0.2, -0.15) is 0 Å². The quantitative estimate of drug-likeness (QED) is 0.727. The van der Waals surface area contributed by atoms with E-state index in [1.54, 1.807) is 11.3 Å². The van der Waals surface area contributed by atoms with Crippen molar-refractivity contribution in [1.29, 1.82) is 0 Å². The Balaban J connectivity index is 1.53. The number of benzene rings is 1. The van der Waals surface area contributed by atoms with Gasteiger partial charge in [0.15, 0.2) is 0 Å². The van der Waals surface area contributed by atoms with Crippen LogP contribution >= 0.6 is 11.3 Å². The van der Waals surface area contributed by atoms with Gasteiger partial charge in [0.05, 0.1) is 18.9 Å². The second kappa shape index (κ2) is 8.45. The van der Waals surface area contributed by atoms with Crippen LogP contribution in [0.15, 0.2) is 47.8 Å². The third kappa shape index (κ3) is 3.84. The lowest BCUT2D eigenvalue weighted by Gasteiger charge is -2.39. The number of esters is 1. The Morgan fingerprint density at radius 1 is 1.11 bits per heavy atom. The summed E-state index contributed by atoms with van der Waals surface area (Å²) in [5, 5.41) is 2.00. The van der Waals surface area contributed by atoms with E-state index in [0.717, 1.165) is 24.5 Å². The molecule has 0 spiro atoms. The molecule has 0 bridgehead atoms. The van der Waals surface area contributed by atoms with E-state index in [2.05, 4.69) is 17.0 Å². The van der Waals surface area contributed by atoms with Gasteiger partial charge in [-0.3, -0.25) is 14.5 Å². The zero-order valence-electron chi connectivity index (χ0n) is 16.1. The van der Waals surface area contributed by atoms with E-state index < -0.39 is 0 Å². The highest BCUT2D eigenvalue weighted by molar-refractivity contribution is 7.10. The Bertz CT molecular complexity index is 808. The van der Waals surface area contributed by atoms with Gasteiger partial charge in [0.2, 0.25) is 5.91 Å². The van der Waals surface area contributed by atoms with Crippen LogP contribution in [0.1, 0.15) is 23.3 Å². The number of hydrogen-bond donors (Lipinski definition) is 0. The molecule has 0 saturated carbocycles. The topological polar surface area (TPSA) is 49.9 Å². The Morgan fingerprint density at radius 2 is 1.93 bits per heavy atom. The second-order valence-electron chi connectivity index (χ2n) is 7.45. The molecule has 1 aromatic carbocycles. The van der Waals surface area contributed by atoms with E-state index in [9.17, 15) is 9.59 Å². The lowest BCUT2D eigenvalue weighted by Crippen LogP contribution is -2.55. The van der Waals surface area contributed by atoms with Crippen molar-refractivity contribution in [2.45, 2.75) is 25.3 Å². The lowest BCUT2D eigenvalue weighted by atomic mass is 9.85. The van der Waals surface area contributed by atoms with Gasteiger partial charge < -0.3 is 9.64 Å². The SMILES string of the molecule is CCOC(=O)[C@@H]1[C@@H](c2ccccc2)CN2CCN(C(=O)Cc3cccs3)C[C@H]12. The molecule has 2 fully saturated rings. The van der Waals surface area contributed by atoms with Crippen LogP contribution in [0.3, 0.4) is 0 Å². The van der Waals surface area contributed by atoms with Crippen molar-refractivity contribution in [2.24, 2.45) is 5.92 Å². The van der Waals surface area contributed by atoms with Gasteiger partial charge in [-0.1, -0.05) is 36.4 Å². The number of rotatable bonds is 5. The predicted octanol–water partition coefficient (Wildman–Crippen LogP) is 2.78. The Hall–Kier alpha value is -2.18. The molecule has 0 radical (unpaired) electrons. The largest absolute Gasteiger partial charge is 0.466 e. The van der Waals surface area contributed by atoms with Crippen LogP contribution in [0.4, 0.5) is 0 Å². The first-order chi connectivity index (χ1) is 13.7. The predicted molar refractivity (Wildman–Crippen MR) is 109 cm³/mol. The second-order valence-corrected chi connectivity index (χ2v) is 8.49. The zero-order chi connectivity index (χ0) is 19.5. The summed E-state index contributed by atoms with van der Waals surface area (Å²) in [6.45, 7) is 5.18. The average Bonchev–Trinajstić information content (AvgIpc) is 3.35. The van der Waals surface area contributed by atoms with Crippen molar-refractivity contribution in [3.8, 4) is 0 Å². The monoisotopic (exact) mass is 398 g/mol. The van der Waals surface area contributed by atoms with Gasteiger partial charge in [-0.05, 0) is 23.9 Å². The zero-order valence-corrected chi connectivity index (χ0v) is 16.9. The van der Waals surface area contributed by atoms with Crippen molar-refractivity contribution in [2.75, 3.05) is 32.8 Å². The minimum absolute atomic E-state index is 0.0188. The van der Waals surface area contributed by atoms with Gasteiger partial charge in [-0.15, -0.1) is 11.3 Å². The molecule has 2 aliphatic rings. The van der Waals surface area contributed by atoms with Crippen LogP contribution in [0.25, 0.3) is 0 Å². The summed E-state index contributed by atoms with van der Waals surface area (Å²) in [5.74, 6) is -0.124.